The van der Waals surface area contributed by atoms with Crippen molar-refractivity contribution in [2.75, 3.05) is 11.9 Å². The Labute approximate surface area is 172 Å². The molecule has 0 fully saturated rings. The van der Waals surface area contributed by atoms with Gasteiger partial charge in [0.25, 0.3) is 5.91 Å². The number of nitrogens with zero attached hydrogens (tertiary/aromatic N) is 2. The third-order valence-electron chi connectivity index (χ3n) is 4.51. The fourth-order valence-electron chi connectivity index (χ4n) is 2.85. The molecule has 0 radical (unpaired) electrons. The molecular formula is C21H18ClN3O4. The summed E-state index contributed by atoms with van der Waals surface area (Å²) in [6.07, 6.45) is 1.56. The van der Waals surface area contributed by atoms with E-state index in [2.05, 4.69) is 11.4 Å². The molecule has 2 aromatic heterocycles. The van der Waals surface area contributed by atoms with Gasteiger partial charge in [-0.15, -0.1) is 0 Å². The molecule has 0 bridgehead atoms. The number of amides is 1. The van der Waals surface area contributed by atoms with Gasteiger partial charge in [-0.05, 0) is 55.8 Å². The number of hydrogen-bond donors (Lipinski definition) is 1. The van der Waals surface area contributed by atoms with E-state index in [1.165, 1.54) is 12.1 Å². The van der Waals surface area contributed by atoms with Crippen molar-refractivity contribution in [1.29, 1.82) is 5.26 Å². The van der Waals surface area contributed by atoms with E-state index < -0.39 is 18.5 Å². The lowest BCUT2D eigenvalue weighted by molar-refractivity contribution is -0.119. The van der Waals surface area contributed by atoms with Crippen molar-refractivity contribution in [2.24, 2.45) is 0 Å². The van der Waals surface area contributed by atoms with Gasteiger partial charge in [-0.25, -0.2) is 4.79 Å². The number of aromatic nitrogens is 1. The molecular weight excluding hydrogens is 394 g/mol. The Kier molecular flexibility index (Phi) is 6.05. The van der Waals surface area contributed by atoms with Crippen molar-refractivity contribution in [3.8, 4) is 6.07 Å². The van der Waals surface area contributed by atoms with Gasteiger partial charge in [0.15, 0.2) is 6.61 Å². The number of nitrogens with one attached hydrogen (secondary N) is 1. The van der Waals surface area contributed by atoms with Crippen LogP contribution in [0.3, 0.4) is 0 Å². The summed E-state index contributed by atoms with van der Waals surface area (Å²) in [5.41, 5.74) is 2.22. The second kappa shape index (κ2) is 8.67. The molecule has 0 saturated heterocycles. The highest BCUT2D eigenvalue weighted by atomic mass is 35.5. The van der Waals surface area contributed by atoms with Crippen molar-refractivity contribution in [2.45, 2.75) is 20.4 Å². The standard InChI is InChI=1S/C21H18ClN3O4/c1-13-14(2)25(11-17-4-3-9-28-17)20(18(13)10-23)24-19(26)12-29-21(27)15-5-7-16(22)8-6-15/h3-9H,11-12H2,1-2H3,(H,24,26). The molecule has 29 heavy (non-hydrogen) atoms. The van der Waals surface area contributed by atoms with Gasteiger partial charge in [0.05, 0.1) is 23.9 Å². The summed E-state index contributed by atoms with van der Waals surface area (Å²) in [4.78, 5) is 24.4. The maximum absolute atomic E-state index is 12.4. The van der Waals surface area contributed by atoms with Gasteiger partial charge < -0.3 is 19.0 Å². The van der Waals surface area contributed by atoms with Crippen LogP contribution in [0.4, 0.5) is 5.82 Å². The summed E-state index contributed by atoms with van der Waals surface area (Å²) in [5, 5.41) is 12.7. The number of furan rings is 1. The topological polar surface area (TPSA) is 97.3 Å². The number of nitriles is 1. The largest absolute Gasteiger partial charge is 0.467 e. The van der Waals surface area contributed by atoms with Crippen molar-refractivity contribution < 1.29 is 18.7 Å². The lowest BCUT2D eigenvalue weighted by Gasteiger charge is -2.12. The zero-order valence-corrected chi connectivity index (χ0v) is 16.6. The highest BCUT2D eigenvalue weighted by Crippen LogP contribution is 2.27. The monoisotopic (exact) mass is 411 g/mol. The number of carbonyl (C=O) groups is 2. The second-order valence-corrected chi connectivity index (χ2v) is 6.78. The lowest BCUT2D eigenvalue weighted by Crippen LogP contribution is -2.23. The van der Waals surface area contributed by atoms with Crippen LogP contribution < -0.4 is 5.32 Å². The first-order valence-corrected chi connectivity index (χ1v) is 9.13. The number of ether oxygens (including phenoxy) is 1. The Bertz CT molecular complexity index is 1080. The van der Waals surface area contributed by atoms with E-state index in [4.69, 9.17) is 20.8 Å². The van der Waals surface area contributed by atoms with Crippen molar-refractivity contribution >= 4 is 29.3 Å². The Morgan fingerprint density at radius 1 is 1.24 bits per heavy atom. The number of hydrogen-bond acceptors (Lipinski definition) is 5. The molecule has 148 valence electrons. The Balaban J connectivity index is 1.74. The van der Waals surface area contributed by atoms with Crippen LogP contribution in [0.5, 0.6) is 0 Å². The molecule has 0 saturated carbocycles. The van der Waals surface area contributed by atoms with E-state index in [1.54, 1.807) is 35.1 Å². The number of anilines is 1. The maximum atomic E-state index is 12.4. The first kappa shape index (κ1) is 20.2. The maximum Gasteiger partial charge on any atom is 0.338 e. The Morgan fingerprint density at radius 2 is 1.97 bits per heavy atom. The highest BCUT2D eigenvalue weighted by Gasteiger charge is 2.21. The van der Waals surface area contributed by atoms with Crippen LogP contribution in [0.1, 0.15) is 32.9 Å². The highest BCUT2D eigenvalue weighted by molar-refractivity contribution is 6.30. The molecule has 0 aliphatic rings. The summed E-state index contributed by atoms with van der Waals surface area (Å²) >= 11 is 5.79. The summed E-state index contributed by atoms with van der Waals surface area (Å²) in [5.74, 6) is -0.179. The van der Waals surface area contributed by atoms with Crippen LogP contribution in [0.25, 0.3) is 0 Å². The fraction of sp³-hybridized carbons (Fsp3) is 0.190. The van der Waals surface area contributed by atoms with E-state index in [0.717, 1.165) is 11.3 Å². The zero-order valence-electron chi connectivity index (χ0n) is 15.9. The Morgan fingerprint density at radius 3 is 2.59 bits per heavy atom. The molecule has 1 aromatic carbocycles. The number of benzene rings is 1. The summed E-state index contributed by atoms with van der Waals surface area (Å²) in [6.45, 7) is 3.52. The molecule has 0 aliphatic heterocycles. The van der Waals surface area contributed by atoms with Gasteiger partial charge in [-0.2, -0.15) is 5.26 Å². The van der Waals surface area contributed by atoms with Gasteiger partial charge in [0, 0.05) is 10.7 Å². The predicted molar refractivity (Wildman–Crippen MR) is 107 cm³/mol. The number of rotatable bonds is 6. The van der Waals surface area contributed by atoms with Gasteiger partial charge in [0.1, 0.15) is 17.6 Å². The zero-order chi connectivity index (χ0) is 21.0. The lowest BCUT2D eigenvalue weighted by atomic mass is 10.2. The van der Waals surface area contributed by atoms with Crippen LogP contribution in [-0.2, 0) is 16.1 Å². The molecule has 0 atom stereocenters. The molecule has 3 aromatic rings. The van der Waals surface area contributed by atoms with Crippen LogP contribution >= 0.6 is 11.6 Å². The molecule has 0 aliphatic carbocycles. The minimum atomic E-state index is -0.643. The second-order valence-electron chi connectivity index (χ2n) is 6.34. The number of carbonyl (C=O) groups excluding carboxylic acids is 2. The molecule has 8 heteroatoms. The predicted octanol–water partition coefficient (Wildman–Crippen LogP) is 4.07. The molecule has 0 unspecified atom stereocenters. The third-order valence-corrected chi connectivity index (χ3v) is 4.76. The van der Waals surface area contributed by atoms with Gasteiger partial charge in [0.2, 0.25) is 0 Å². The smallest absolute Gasteiger partial charge is 0.338 e. The van der Waals surface area contributed by atoms with E-state index >= 15 is 0 Å². The molecule has 2 heterocycles. The molecule has 1 amide bonds. The van der Waals surface area contributed by atoms with Gasteiger partial charge in [-0.1, -0.05) is 11.6 Å². The molecule has 3 rings (SSSR count). The first-order chi connectivity index (χ1) is 13.9. The minimum absolute atomic E-state index is 0.285. The molecule has 1 N–H and O–H groups in total. The average Bonchev–Trinajstić information content (AvgIpc) is 3.30. The Hall–Kier alpha value is -3.50. The van der Waals surface area contributed by atoms with E-state index in [1.807, 2.05) is 13.8 Å². The van der Waals surface area contributed by atoms with E-state index in [-0.39, 0.29) is 5.56 Å². The SMILES string of the molecule is Cc1c(C#N)c(NC(=O)COC(=O)c2ccc(Cl)cc2)n(Cc2ccco2)c1C. The third kappa shape index (κ3) is 4.50. The average molecular weight is 412 g/mol. The van der Waals surface area contributed by atoms with Crippen molar-refractivity contribution in [1.82, 2.24) is 4.57 Å². The van der Waals surface area contributed by atoms with Crippen LogP contribution in [-0.4, -0.2) is 23.1 Å². The number of esters is 1. The quantitative estimate of drug-likeness (QED) is 0.616. The minimum Gasteiger partial charge on any atom is -0.467 e. The fourth-order valence-corrected chi connectivity index (χ4v) is 2.98. The first-order valence-electron chi connectivity index (χ1n) is 8.75. The summed E-state index contributed by atoms with van der Waals surface area (Å²) in [6, 6.07) is 11.8. The van der Waals surface area contributed by atoms with Crippen LogP contribution in [0, 0.1) is 25.2 Å². The van der Waals surface area contributed by atoms with Crippen molar-refractivity contribution in [3.05, 3.63) is 75.8 Å². The van der Waals surface area contributed by atoms with E-state index in [9.17, 15) is 14.9 Å². The normalized spacial score (nSPS) is 10.4. The van der Waals surface area contributed by atoms with Gasteiger partial charge >= 0.3 is 5.97 Å². The van der Waals surface area contributed by atoms with Crippen molar-refractivity contribution in [3.63, 3.8) is 0 Å². The summed E-state index contributed by atoms with van der Waals surface area (Å²) in [7, 11) is 0. The number of halogens is 1. The van der Waals surface area contributed by atoms with Crippen LogP contribution in [0.15, 0.2) is 47.1 Å². The van der Waals surface area contributed by atoms with E-state index in [0.29, 0.717) is 28.7 Å². The molecule has 0 spiro atoms. The molecule has 7 nitrogen and oxygen atoms in total. The van der Waals surface area contributed by atoms with Crippen LogP contribution in [0.2, 0.25) is 5.02 Å². The van der Waals surface area contributed by atoms with Gasteiger partial charge in [-0.3, -0.25) is 4.79 Å². The summed E-state index contributed by atoms with van der Waals surface area (Å²) < 4.78 is 12.2.